The second-order valence-electron chi connectivity index (χ2n) is 4.77. The van der Waals surface area contributed by atoms with Gasteiger partial charge in [-0.05, 0) is 52.9 Å². The quantitative estimate of drug-likeness (QED) is 0.744. The summed E-state index contributed by atoms with van der Waals surface area (Å²) in [4.78, 5) is -0.173. The van der Waals surface area contributed by atoms with Gasteiger partial charge < -0.3 is 0 Å². The van der Waals surface area contributed by atoms with Crippen molar-refractivity contribution < 1.29 is 12.8 Å². The van der Waals surface area contributed by atoms with Crippen LogP contribution in [0.1, 0.15) is 5.82 Å². The van der Waals surface area contributed by atoms with Gasteiger partial charge in [0.2, 0.25) is 10.0 Å². The van der Waals surface area contributed by atoms with Gasteiger partial charge >= 0.3 is 0 Å². The SMILES string of the molecule is O=S(=O)(NCc1nnnn1-c1ccc(Cl)cc1)c1cccc(F)c1. The number of nitrogens with one attached hydrogen (secondary N) is 1. The van der Waals surface area contributed by atoms with Gasteiger partial charge in [0.25, 0.3) is 0 Å². The number of nitrogens with zero attached hydrogens (tertiary/aromatic N) is 4. The summed E-state index contributed by atoms with van der Waals surface area (Å²) in [6, 6.07) is 11.4. The number of aromatic nitrogens is 4. The number of benzene rings is 2. The summed E-state index contributed by atoms with van der Waals surface area (Å²) >= 11 is 5.83. The molecule has 1 heterocycles. The Bertz CT molecular complexity index is 959. The summed E-state index contributed by atoms with van der Waals surface area (Å²) in [6.07, 6.45) is 0. The first-order valence-corrected chi connectivity index (χ1v) is 8.60. The van der Waals surface area contributed by atoms with Crippen molar-refractivity contribution in [1.29, 1.82) is 0 Å². The highest BCUT2D eigenvalue weighted by Gasteiger charge is 2.17. The van der Waals surface area contributed by atoms with E-state index in [1.54, 1.807) is 24.3 Å². The molecule has 1 N–H and O–H groups in total. The number of tetrazole rings is 1. The minimum atomic E-state index is -3.88. The fraction of sp³-hybridized carbons (Fsp3) is 0.0714. The van der Waals surface area contributed by atoms with Crippen LogP contribution in [0.25, 0.3) is 5.69 Å². The first-order valence-electron chi connectivity index (χ1n) is 6.74. The molecule has 0 radical (unpaired) electrons. The van der Waals surface area contributed by atoms with Gasteiger partial charge in [0.15, 0.2) is 5.82 Å². The highest BCUT2D eigenvalue weighted by atomic mass is 35.5. The second kappa shape index (κ2) is 6.63. The van der Waals surface area contributed by atoms with E-state index in [9.17, 15) is 12.8 Å². The van der Waals surface area contributed by atoms with Crippen molar-refractivity contribution in [3.63, 3.8) is 0 Å². The lowest BCUT2D eigenvalue weighted by molar-refractivity contribution is 0.574. The average molecular weight is 368 g/mol. The molecule has 0 fully saturated rings. The second-order valence-corrected chi connectivity index (χ2v) is 6.97. The summed E-state index contributed by atoms with van der Waals surface area (Å²) < 4.78 is 41.3. The molecule has 0 aliphatic carbocycles. The van der Waals surface area contributed by atoms with Crippen LogP contribution >= 0.6 is 11.6 Å². The van der Waals surface area contributed by atoms with Crippen LogP contribution in [-0.4, -0.2) is 28.6 Å². The van der Waals surface area contributed by atoms with Crippen molar-refractivity contribution in [3.8, 4) is 5.69 Å². The van der Waals surface area contributed by atoms with Crippen molar-refractivity contribution >= 4 is 21.6 Å². The van der Waals surface area contributed by atoms with E-state index in [0.29, 0.717) is 10.7 Å². The fourth-order valence-electron chi connectivity index (χ4n) is 1.98. The van der Waals surface area contributed by atoms with Crippen LogP contribution in [0.2, 0.25) is 5.02 Å². The number of sulfonamides is 1. The molecule has 0 aliphatic rings. The van der Waals surface area contributed by atoms with E-state index >= 15 is 0 Å². The van der Waals surface area contributed by atoms with Crippen LogP contribution in [0.15, 0.2) is 53.4 Å². The standard InChI is InChI=1S/C14H11ClFN5O2S/c15-10-4-6-12(7-5-10)21-14(18-19-20-21)9-17-24(22,23)13-3-1-2-11(16)8-13/h1-8,17H,9H2. The van der Waals surface area contributed by atoms with Crippen molar-refractivity contribution in [2.45, 2.75) is 11.4 Å². The fourth-order valence-corrected chi connectivity index (χ4v) is 3.11. The molecule has 0 atom stereocenters. The summed E-state index contributed by atoms with van der Waals surface area (Å²) in [6.45, 7) is -0.158. The minimum absolute atomic E-state index is 0.158. The normalized spacial score (nSPS) is 11.6. The predicted molar refractivity (Wildman–Crippen MR) is 84.6 cm³/mol. The lowest BCUT2D eigenvalue weighted by Crippen LogP contribution is -2.25. The zero-order chi connectivity index (χ0) is 17.2. The molecule has 2 aromatic carbocycles. The number of hydrogen-bond acceptors (Lipinski definition) is 5. The minimum Gasteiger partial charge on any atom is -0.207 e. The highest BCUT2D eigenvalue weighted by Crippen LogP contribution is 2.14. The Morgan fingerprint density at radius 3 is 2.62 bits per heavy atom. The first kappa shape index (κ1) is 16.5. The summed E-state index contributed by atoms with van der Waals surface area (Å²) in [5.74, 6) is -0.360. The van der Waals surface area contributed by atoms with Crippen molar-refractivity contribution in [1.82, 2.24) is 24.9 Å². The van der Waals surface area contributed by atoms with E-state index in [1.165, 1.54) is 22.9 Å². The van der Waals surface area contributed by atoms with Gasteiger partial charge in [0.05, 0.1) is 17.1 Å². The number of rotatable bonds is 5. The van der Waals surface area contributed by atoms with E-state index in [-0.39, 0.29) is 17.3 Å². The molecule has 0 bridgehead atoms. The van der Waals surface area contributed by atoms with Crippen molar-refractivity contribution in [2.75, 3.05) is 0 Å². The van der Waals surface area contributed by atoms with Gasteiger partial charge in [-0.3, -0.25) is 0 Å². The largest absolute Gasteiger partial charge is 0.241 e. The van der Waals surface area contributed by atoms with Crippen molar-refractivity contribution in [2.24, 2.45) is 0 Å². The van der Waals surface area contributed by atoms with Gasteiger partial charge in [0, 0.05) is 5.02 Å². The van der Waals surface area contributed by atoms with Gasteiger partial charge in [-0.1, -0.05) is 17.7 Å². The number of halogens is 2. The van der Waals surface area contributed by atoms with Crippen LogP contribution in [0.3, 0.4) is 0 Å². The third-order valence-corrected chi connectivity index (χ3v) is 4.78. The molecule has 0 saturated carbocycles. The summed E-state index contributed by atoms with van der Waals surface area (Å²) in [5.41, 5.74) is 0.629. The Kier molecular flexibility index (Phi) is 4.56. The molecular weight excluding hydrogens is 357 g/mol. The predicted octanol–water partition coefficient (Wildman–Crippen LogP) is 1.93. The molecule has 24 heavy (non-hydrogen) atoms. The van der Waals surface area contributed by atoms with E-state index in [0.717, 1.165) is 6.07 Å². The van der Waals surface area contributed by atoms with Crippen LogP contribution in [0, 0.1) is 5.82 Å². The molecule has 0 spiro atoms. The first-order chi connectivity index (χ1) is 11.5. The van der Waals surface area contributed by atoms with E-state index < -0.39 is 15.8 Å². The molecule has 10 heteroatoms. The van der Waals surface area contributed by atoms with E-state index in [1.807, 2.05) is 0 Å². The molecule has 0 aliphatic heterocycles. The molecule has 0 saturated heterocycles. The smallest absolute Gasteiger partial charge is 0.207 e. The maximum absolute atomic E-state index is 13.2. The Labute approximate surface area is 142 Å². The molecule has 124 valence electrons. The lowest BCUT2D eigenvalue weighted by Gasteiger charge is -2.07. The monoisotopic (exact) mass is 367 g/mol. The maximum Gasteiger partial charge on any atom is 0.241 e. The highest BCUT2D eigenvalue weighted by molar-refractivity contribution is 7.89. The van der Waals surface area contributed by atoms with E-state index in [2.05, 4.69) is 20.2 Å². The van der Waals surface area contributed by atoms with Crippen LogP contribution in [0.5, 0.6) is 0 Å². The van der Waals surface area contributed by atoms with Crippen molar-refractivity contribution in [3.05, 3.63) is 65.2 Å². The van der Waals surface area contributed by atoms with Gasteiger partial charge in [-0.25, -0.2) is 17.5 Å². The van der Waals surface area contributed by atoms with E-state index in [4.69, 9.17) is 11.6 Å². The molecule has 3 aromatic rings. The third-order valence-electron chi connectivity index (χ3n) is 3.13. The number of hydrogen-bond donors (Lipinski definition) is 1. The molecule has 7 nitrogen and oxygen atoms in total. The molecular formula is C14H11ClFN5O2S. The summed E-state index contributed by atoms with van der Waals surface area (Å²) in [5, 5.41) is 11.7. The third kappa shape index (κ3) is 3.58. The van der Waals surface area contributed by atoms with Crippen LogP contribution in [0.4, 0.5) is 4.39 Å². The molecule has 1 aromatic heterocycles. The van der Waals surface area contributed by atoms with Gasteiger partial charge in [-0.15, -0.1) is 5.10 Å². The molecule has 3 rings (SSSR count). The Morgan fingerprint density at radius 2 is 1.92 bits per heavy atom. The maximum atomic E-state index is 13.2. The van der Waals surface area contributed by atoms with Crippen LogP contribution in [-0.2, 0) is 16.6 Å². The average Bonchev–Trinajstić information content (AvgIpc) is 3.02. The van der Waals surface area contributed by atoms with Gasteiger partial charge in [0.1, 0.15) is 5.82 Å². The lowest BCUT2D eigenvalue weighted by atomic mass is 10.3. The topological polar surface area (TPSA) is 89.8 Å². The zero-order valence-electron chi connectivity index (χ0n) is 12.1. The zero-order valence-corrected chi connectivity index (χ0v) is 13.7. The summed E-state index contributed by atoms with van der Waals surface area (Å²) in [7, 11) is -3.88. The van der Waals surface area contributed by atoms with Crippen LogP contribution < -0.4 is 4.72 Å². The molecule has 0 amide bonds. The Morgan fingerprint density at radius 1 is 1.17 bits per heavy atom. The van der Waals surface area contributed by atoms with Gasteiger partial charge in [-0.2, -0.15) is 4.68 Å². The Hall–Kier alpha value is -2.36. The Balaban J connectivity index is 1.81. The molecule has 0 unspecified atom stereocenters.